The fourth-order valence-corrected chi connectivity index (χ4v) is 1.49. The number of nitro groups is 1. The third-order valence-electron chi connectivity index (χ3n) is 2.63. The summed E-state index contributed by atoms with van der Waals surface area (Å²) in [6.07, 6.45) is 0.0304. The Hall–Kier alpha value is -1.73. The van der Waals surface area contributed by atoms with Gasteiger partial charge in [-0.2, -0.15) is 0 Å². The van der Waals surface area contributed by atoms with Crippen molar-refractivity contribution in [3.05, 3.63) is 33.9 Å². The van der Waals surface area contributed by atoms with Crippen molar-refractivity contribution >= 4 is 24.1 Å². The van der Waals surface area contributed by atoms with Crippen LogP contribution in [0.3, 0.4) is 0 Å². The van der Waals surface area contributed by atoms with Crippen molar-refractivity contribution in [3.63, 3.8) is 0 Å². The summed E-state index contributed by atoms with van der Waals surface area (Å²) < 4.78 is 0. The second-order valence-electron chi connectivity index (χ2n) is 4.31. The van der Waals surface area contributed by atoms with Crippen LogP contribution in [-0.2, 0) is 11.2 Å². The highest BCUT2D eigenvalue weighted by Gasteiger charge is 2.21. The van der Waals surface area contributed by atoms with Crippen LogP contribution in [0.1, 0.15) is 19.4 Å². The van der Waals surface area contributed by atoms with Crippen molar-refractivity contribution in [2.24, 2.45) is 5.92 Å². The van der Waals surface area contributed by atoms with Crippen molar-refractivity contribution in [1.82, 2.24) is 0 Å². The number of ketones is 1. The van der Waals surface area contributed by atoms with E-state index < -0.39 is 12.0 Å². The van der Waals surface area contributed by atoms with Gasteiger partial charge in [-0.25, -0.2) is 0 Å². The molecule has 0 radical (unpaired) electrons. The van der Waals surface area contributed by atoms with Crippen LogP contribution in [0.2, 0.25) is 0 Å². The van der Waals surface area contributed by atoms with Crippen LogP contribution in [0.25, 0.3) is 0 Å². The zero-order valence-electron chi connectivity index (χ0n) is 10.2. The molecular weight excluding hydrogens is 237 g/mol. The molecule has 0 aliphatic rings. The Kier molecular flexibility index (Phi) is 4.58. The maximum Gasteiger partial charge on any atom is 0.488 e. The van der Waals surface area contributed by atoms with Gasteiger partial charge in [0.15, 0.2) is 0 Å². The lowest BCUT2D eigenvalue weighted by atomic mass is 9.75. The van der Waals surface area contributed by atoms with E-state index in [1.165, 1.54) is 12.1 Å². The number of hydrogen-bond donors (Lipinski definition) is 2. The largest absolute Gasteiger partial charge is 0.488 e. The standard InChI is InChI=1S/C11H14BNO5/c1-7(2)11(14)5-8-3-4-9(13(17)18)6-10(8)12(15)16/h3-4,6-7,15-16H,5H2,1-2H3. The first-order valence-corrected chi connectivity index (χ1v) is 5.49. The van der Waals surface area contributed by atoms with Crippen molar-refractivity contribution in [2.75, 3.05) is 0 Å². The van der Waals surface area contributed by atoms with Gasteiger partial charge in [0.25, 0.3) is 5.69 Å². The van der Waals surface area contributed by atoms with Crippen LogP contribution in [0, 0.1) is 16.0 Å². The lowest BCUT2D eigenvalue weighted by Gasteiger charge is -2.09. The number of non-ortho nitro benzene ring substituents is 1. The molecule has 0 spiro atoms. The van der Waals surface area contributed by atoms with Gasteiger partial charge in [0.05, 0.1) is 4.92 Å². The summed E-state index contributed by atoms with van der Waals surface area (Å²) in [5.74, 6) is -0.241. The molecule has 1 aromatic rings. The minimum absolute atomic E-state index is 0.00167. The first kappa shape index (κ1) is 14.3. The van der Waals surface area contributed by atoms with Gasteiger partial charge < -0.3 is 10.0 Å². The van der Waals surface area contributed by atoms with Crippen molar-refractivity contribution < 1.29 is 19.8 Å². The Balaban J connectivity index is 3.12. The van der Waals surface area contributed by atoms with Gasteiger partial charge in [-0.3, -0.25) is 14.9 Å². The predicted molar refractivity (Wildman–Crippen MR) is 66.5 cm³/mol. The Labute approximate surface area is 105 Å². The van der Waals surface area contributed by atoms with E-state index in [9.17, 15) is 25.0 Å². The molecule has 0 aliphatic heterocycles. The Morgan fingerprint density at radius 1 is 1.44 bits per heavy atom. The monoisotopic (exact) mass is 251 g/mol. The molecule has 0 bridgehead atoms. The zero-order valence-corrected chi connectivity index (χ0v) is 10.2. The number of rotatable bonds is 5. The van der Waals surface area contributed by atoms with Gasteiger partial charge in [-0.1, -0.05) is 19.9 Å². The van der Waals surface area contributed by atoms with Gasteiger partial charge in [-0.05, 0) is 11.0 Å². The fourth-order valence-electron chi connectivity index (χ4n) is 1.49. The summed E-state index contributed by atoms with van der Waals surface area (Å²) in [5.41, 5.74) is 0.159. The number of nitrogens with zero attached hydrogens (tertiary/aromatic N) is 1. The van der Waals surface area contributed by atoms with Gasteiger partial charge in [0, 0.05) is 24.5 Å². The molecule has 6 nitrogen and oxygen atoms in total. The smallest absolute Gasteiger partial charge is 0.423 e. The molecule has 0 aliphatic carbocycles. The second kappa shape index (κ2) is 5.75. The second-order valence-corrected chi connectivity index (χ2v) is 4.31. The molecule has 2 N–H and O–H groups in total. The normalized spacial score (nSPS) is 10.5. The first-order chi connectivity index (χ1) is 8.32. The zero-order chi connectivity index (χ0) is 13.9. The molecule has 0 unspecified atom stereocenters. The average Bonchev–Trinajstić information content (AvgIpc) is 2.28. The van der Waals surface area contributed by atoms with Crippen LogP contribution >= 0.6 is 0 Å². The summed E-state index contributed by atoms with van der Waals surface area (Å²) in [6.45, 7) is 3.48. The minimum atomic E-state index is -1.83. The van der Waals surface area contributed by atoms with E-state index in [4.69, 9.17) is 0 Å². The number of carbonyl (C=O) groups excluding carboxylic acids is 1. The number of benzene rings is 1. The molecule has 0 fully saturated rings. The van der Waals surface area contributed by atoms with E-state index in [1.54, 1.807) is 13.8 Å². The van der Waals surface area contributed by atoms with Crippen molar-refractivity contribution in [2.45, 2.75) is 20.3 Å². The third-order valence-corrected chi connectivity index (χ3v) is 2.63. The summed E-state index contributed by atoms with van der Waals surface area (Å²) >= 11 is 0. The SMILES string of the molecule is CC(C)C(=O)Cc1ccc([N+](=O)[O-])cc1B(O)O. The molecular formula is C11H14BNO5. The Morgan fingerprint density at radius 3 is 2.50 bits per heavy atom. The Bertz CT molecular complexity index is 473. The van der Waals surface area contributed by atoms with E-state index in [2.05, 4.69) is 0 Å². The van der Waals surface area contributed by atoms with Gasteiger partial charge in [0.2, 0.25) is 0 Å². The highest BCUT2D eigenvalue weighted by molar-refractivity contribution is 6.59. The average molecular weight is 251 g/mol. The maximum absolute atomic E-state index is 11.6. The first-order valence-electron chi connectivity index (χ1n) is 5.49. The molecule has 0 aromatic heterocycles. The molecule has 1 aromatic carbocycles. The molecule has 1 rings (SSSR count). The van der Waals surface area contributed by atoms with Crippen LogP contribution in [0.15, 0.2) is 18.2 Å². The fraction of sp³-hybridized carbons (Fsp3) is 0.364. The molecule has 0 saturated heterocycles. The summed E-state index contributed by atoms with van der Waals surface area (Å²) in [5, 5.41) is 29.0. The quantitative estimate of drug-likeness (QED) is 0.437. The van der Waals surface area contributed by atoms with E-state index in [0.717, 1.165) is 6.07 Å². The molecule has 7 heteroatoms. The molecule has 0 atom stereocenters. The van der Waals surface area contributed by atoms with Crippen LogP contribution in [-0.4, -0.2) is 27.9 Å². The number of hydrogen-bond acceptors (Lipinski definition) is 5. The topological polar surface area (TPSA) is 101 Å². The third kappa shape index (κ3) is 3.38. The van der Waals surface area contributed by atoms with E-state index in [-0.39, 0.29) is 29.3 Å². The highest BCUT2D eigenvalue weighted by atomic mass is 16.6. The number of Topliss-reactive ketones (excluding diaryl/α,β-unsaturated/α-hetero) is 1. The van der Waals surface area contributed by atoms with E-state index in [1.807, 2.05) is 0 Å². The number of nitro benzene ring substituents is 1. The maximum atomic E-state index is 11.6. The van der Waals surface area contributed by atoms with Gasteiger partial charge in [0.1, 0.15) is 5.78 Å². The van der Waals surface area contributed by atoms with Crippen LogP contribution in [0.5, 0.6) is 0 Å². The van der Waals surface area contributed by atoms with Crippen molar-refractivity contribution in [1.29, 1.82) is 0 Å². The minimum Gasteiger partial charge on any atom is -0.423 e. The molecule has 0 heterocycles. The molecule has 0 saturated carbocycles. The molecule has 96 valence electrons. The van der Waals surface area contributed by atoms with E-state index >= 15 is 0 Å². The van der Waals surface area contributed by atoms with Crippen LogP contribution in [0.4, 0.5) is 5.69 Å². The molecule has 0 amide bonds. The van der Waals surface area contributed by atoms with Gasteiger partial charge in [-0.15, -0.1) is 0 Å². The van der Waals surface area contributed by atoms with Crippen LogP contribution < -0.4 is 5.46 Å². The molecule has 18 heavy (non-hydrogen) atoms. The number of carbonyl (C=O) groups is 1. The van der Waals surface area contributed by atoms with Gasteiger partial charge >= 0.3 is 7.12 Å². The van der Waals surface area contributed by atoms with Crippen molar-refractivity contribution in [3.8, 4) is 0 Å². The lowest BCUT2D eigenvalue weighted by Crippen LogP contribution is -2.34. The summed E-state index contributed by atoms with van der Waals surface area (Å²) in [6, 6.07) is 3.70. The highest BCUT2D eigenvalue weighted by Crippen LogP contribution is 2.12. The Morgan fingerprint density at radius 2 is 2.06 bits per heavy atom. The lowest BCUT2D eigenvalue weighted by molar-refractivity contribution is -0.384. The predicted octanol–water partition coefficient (Wildman–Crippen LogP) is 0.0422. The van der Waals surface area contributed by atoms with E-state index in [0.29, 0.717) is 5.56 Å². The summed E-state index contributed by atoms with van der Waals surface area (Å²) in [4.78, 5) is 21.6. The summed E-state index contributed by atoms with van der Waals surface area (Å²) in [7, 11) is -1.83.